The van der Waals surface area contributed by atoms with Gasteiger partial charge in [-0.25, -0.2) is 4.79 Å². The summed E-state index contributed by atoms with van der Waals surface area (Å²) in [7, 11) is 0. The molecule has 4 nitrogen and oxygen atoms in total. The number of aromatic carboxylic acids is 1. The lowest BCUT2D eigenvalue weighted by atomic mass is 10.0. The molecule has 1 aliphatic heterocycles. The summed E-state index contributed by atoms with van der Waals surface area (Å²) in [4.78, 5) is 13.6. The van der Waals surface area contributed by atoms with E-state index in [0.29, 0.717) is 17.6 Å². The number of rotatable bonds is 4. The SMILES string of the molecule is Cc1c(NC2CCN(C(C)C)CC2)cccc1C(=O)O. The van der Waals surface area contributed by atoms with Crippen LogP contribution in [-0.4, -0.2) is 41.1 Å². The molecule has 1 saturated heterocycles. The van der Waals surface area contributed by atoms with E-state index in [1.165, 1.54) is 0 Å². The Morgan fingerprint density at radius 3 is 2.55 bits per heavy atom. The molecule has 0 saturated carbocycles. The predicted molar refractivity (Wildman–Crippen MR) is 81.5 cm³/mol. The fourth-order valence-electron chi connectivity index (χ4n) is 2.80. The van der Waals surface area contributed by atoms with E-state index in [1.54, 1.807) is 6.07 Å². The van der Waals surface area contributed by atoms with Crippen LogP contribution in [0.25, 0.3) is 0 Å². The molecule has 0 unspecified atom stereocenters. The minimum atomic E-state index is -0.860. The summed E-state index contributed by atoms with van der Waals surface area (Å²) in [6, 6.07) is 6.48. The maximum atomic E-state index is 11.1. The van der Waals surface area contributed by atoms with Gasteiger partial charge >= 0.3 is 5.97 Å². The fraction of sp³-hybridized carbons (Fsp3) is 0.562. The van der Waals surface area contributed by atoms with Gasteiger partial charge in [0.15, 0.2) is 0 Å². The summed E-state index contributed by atoms with van der Waals surface area (Å²) >= 11 is 0. The minimum Gasteiger partial charge on any atom is -0.478 e. The number of carbonyl (C=O) groups is 1. The minimum absolute atomic E-state index is 0.384. The molecule has 0 aliphatic carbocycles. The molecule has 1 aromatic carbocycles. The van der Waals surface area contributed by atoms with Gasteiger partial charge in [0, 0.05) is 30.9 Å². The normalized spacial score (nSPS) is 17.4. The first-order valence-electron chi connectivity index (χ1n) is 7.32. The highest BCUT2D eigenvalue weighted by molar-refractivity contribution is 5.91. The summed E-state index contributed by atoms with van der Waals surface area (Å²) in [5.41, 5.74) is 2.16. The average molecular weight is 276 g/mol. The Kier molecular flexibility index (Phi) is 4.65. The lowest BCUT2D eigenvalue weighted by molar-refractivity contribution is 0.0696. The molecule has 0 spiro atoms. The molecular weight excluding hydrogens is 252 g/mol. The van der Waals surface area contributed by atoms with Crippen molar-refractivity contribution in [1.82, 2.24) is 4.90 Å². The number of hydrogen-bond donors (Lipinski definition) is 2. The molecule has 110 valence electrons. The van der Waals surface area contributed by atoms with E-state index in [-0.39, 0.29) is 0 Å². The van der Waals surface area contributed by atoms with Crippen LogP contribution in [0.4, 0.5) is 5.69 Å². The number of likely N-dealkylation sites (tertiary alicyclic amines) is 1. The molecule has 0 amide bonds. The van der Waals surface area contributed by atoms with Crippen molar-refractivity contribution in [3.8, 4) is 0 Å². The van der Waals surface area contributed by atoms with Gasteiger partial charge < -0.3 is 15.3 Å². The van der Waals surface area contributed by atoms with Crippen LogP contribution >= 0.6 is 0 Å². The number of nitrogens with zero attached hydrogens (tertiary/aromatic N) is 1. The summed E-state index contributed by atoms with van der Waals surface area (Å²) in [5.74, 6) is -0.860. The first-order valence-corrected chi connectivity index (χ1v) is 7.32. The van der Waals surface area contributed by atoms with Crippen molar-refractivity contribution < 1.29 is 9.90 Å². The van der Waals surface area contributed by atoms with E-state index < -0.39 is 5.97 Å². The van der Waals surface area contributed by atoms with Crippen molar-refractivity contribution >= 4 is 11.7 Å². The Morgan fingerprint density at radius 1 is 1.35 bits per heavy atom. The molecule has 4 heteroatoms. The maximum Gasteiger partial charge on any atom is 0.336 e. The standard InChI is InChI=1S/C16H24N2O2/c1-11(2)18-9-7-13(8-10-18)17-15-6-4-5-14(12(15)3)16(19)20/h4-6,11,13,17H,7-10H2,1-3H3,(H,19,20). The van der Waals surface area contributed by atoms with E-state index in [1.807, 2.05) is 19.1 Å². The highest BCUT2D eigenvalue weighted by atomic mass is 16.4. The highest BCUT2D eigenvalue weighted by Crippen LogP contribution is 2.23. The highest BCUT2D eigenvalue weighted by Gasteiger charge is 2.21. The van der Waals surface area contributed by atoms with Gasteiger partial charge in [0.25, 0.3) is 0 Å². The Bertz CT molecular complexity index is 477. The number of nitrogens with one attached hydrogen (secondary N) is 1. The molecule has 0 radical (unpaired) electrons. The van der Waals surface area contributed by atoms with Crippen LogP contribution in [-0.2, 0) is 0 Å². The first kappa shape index (κ1) is 14.9. The molecule has 0 atom stereocenters. The Hall–Kier alpha value is -1.55. The zero-order valence-corrected chi connectivity index (χ0v) is 12.5. The molecule has 1 heterocycles. The monoisotopic (exact) mass is 276 g/mol. The summed E-state index contributed by atoms with van der Waals surface area (Å²) < 4.78 is 0. The summed E-state index contributed by atoms with van der Waals surface area (Å²) in [5, 5.41) is 12.7. The van der Waals surface area contributed by atoms with Gasteiger partial charge in [-0.3, -0.25) is 0 Å². The fourth-order valence-corrected chi connectivity index (χ4v) is 2.80. The number of benzene rings is 1. The molecular formula is C16H24N2O2. The van der Waals surface area contributed by atoms with Gasteiger partial charge in [-0.2, -0.15) is 0 Å². The van der Waals surface area contributed by atoms with Crippen molar-refractivity contribution in [2.45, 2.75) is 45.7 Å². The largest absolute Gasteiger partial charge is 0.478 e. The van der Waals surface area contributed by atoms with Crippen molar-refractivity contribution in [2.24, 2.45) is 0 Å². The number of carboxylic acid groups (broad SMARTS) is 1. The lowest BCUT2D eigenvalue weighted by Gasteiger charge is -2.35. The van der Waals surface area contributed by atoms with Gasteiger partial charge in [-0.15, -0.1) is 0 Å². The molecule has 1 aliphatic rings. The second kappa shape index (κ2) is 6.27. The second-order valence-electron chi connectivity index (χ2n) is 5.83. The topological polar surface area (TPSA) is 52.6 Å². The predicted octanol–water partition coefficient (Wildman–Crippen LogP) is 2.98. The van der Waals surface area contributed by atoms with Crippen LogP contribution in [0, 0.1) is 6.92 Å². The van der Waals surface area contributed by atoms with Crippen LogP contribution in [0.3, 0.4) is 0 Å². The quantitative estimate of drug-likeness (QED) is 0.887. The van der Waals surface area contributed by atoms with Crippen LogP contribution in [0.1, 0.15) is 42.6 Å². The van der Waals surface area contributed by atoms with Crippen molar-refractivity contribution in [2.75, 3.05) is 18.4 Å². The third-order valence-electron chi connectivity index (χ3n) is 4.18. The zero-order valence-electron chi connectivity index (χ0n) is 12.5. The van der Waals surface area contributed by atoms with Crippen LogP contribution < -0.4 is 5.32 Å². The van der Waals surface area contributed by atoms with Crippen molar-refractivity contribution in [3.05, 3.63) is 29.3 Å². The lowest BCUT2D eigenvalue weighted by Crippen LogP contribution is -2.42. The van der Waals surface area contributed by atoms with Gasteiger partial charge in [0.2, 0.25) is 0 Å². The maximum absolute atomic E-state index is 11.1. The molecule has 2 N–H and O–H groups in total. The van der Waals surface area contributed by atoms with E-state index in [4.69, 9.17) is 5.11 Å². The Balaban J connectivity index is 2.01. The molecule has 20 heavy (non-hydrogen) atoms. The third-order valence-corrected chi connectivity index (χ3v) is 4.18. The van der Waals surface area contributed by atoms with E-state index in [0.717, 1.165) is 37.2 Å². The Morgan fingerprint density at radius 2 is 2.00 bits per heavy atom. The molecule has 2 rings (SSSR count). The Labute approximate surface area is 120 Å². The summed E-state index contributed by atoms with van der Waals surface area (Å²) in [6.45, 7) is 8.54. The van der Waals surface area contributed by atoms with E-state index in [2.05, 4.69) is 24.1 Å². The van der Waals surface area contributed by atoms with E-state index >= 15 is 0 Å². The van der Waals surface area contributed by atoms with Crippen molar-refractivity contribution in [3.63, 3.8) is 0 Å². The summed E-state index contributed by atoms with van der Waals surface area (Å²) in [6.07, 6.45) is 2.21. The molecule has 1 aromatic rings. The number of piperidine rings is 1. The molecule has 0 bridgehead atoms. The number of hydrogen-bond acceptors (Lipinski definition) is 3. The number of carboxylic acids is 1. The van der Waals surface area contributed by atoms with Gasteiger partial charge in [-0.1, -0.05) is 6.07 Å². The average Bonchev–Trinajstić information content (AvgIpc) is 2.41. The van der Waals surface area contributed by atoms with Crippen LogP contribution in [0.2, 0.25) is 0 Å². The second-order valence-corrected chi connectivity index (χ2v) is 5.83. The van der Waals surface area contributed by atoms with Crippen LogP contribution in [0.5, 0.6) is 0 Å². The smallest absolute Gasteiger partial charge is 0.336 e. The number of anilines is 1. The molecule has 0 aromatic heterocycles. The van der Waals surface area contributed by atoms with E-state index in [9.17, 15) is 4.79 Å². The third kappa shape index (κ3) is 3.31. The van der Waals surface area contributed by atoms with Gasteiger partial charge in [-0.05, 0) is 51.3 Å². The van der Waals surface area contributed by atoms with Crippen molar-refractivity contribution in [1.29, 1.82) is 0 Å². The van der Waals surface area contributed by atoms with Crippen LogP contribution in [0.15, 0.2) is 18.2 Å². The molecule has 1 fully saturated rings. The van der Waals surface area contributed by atoms with Gasteiger partial charge in [0.05, 0.1) is 5.56 Å². The zero-order chi connectivity index (χ0) is 14.7. The first-order chi connectivity index (χ1) is 9.49. The van der Waals surface area contributed by atoms with Gasteiger partial charge in [0.1, 0.15) is 0 Å².